The Morgan fingerprint density at radius 1 is 1.06 bits per heavy atom. The first kappa shape index (κ1) is 23.8. The van der Waals surface area contributed by atoms with E-state index >= 15 is 0 Å². The normalized spacial score (nSPS) is 20.4. The highest BCUT2D eigenvalue weighted by Crippen LogP contribution is 2.44. The highest BCUT2D eigenvalue weighted by atomic mass is 16.5. The van der Waals surface area contributed by atoms with Gasteiger partial charge in [0, 0.05) is 19.0 Å². The van der Waals surface area contributed by atoms with Gasteiger partial charge in [-0.25, -0.2) is 4.79 Å². The van der Waals surface area contributed by atoms with E-state index < -0.39 is 24.0 Å². The van der Waals surface area contributed by atoms with Crippen LogP contribution >= 0.6 is 0 Å². The summed E-state index contributed by atoms with van der Waals surface area (Å²) >= 11 is 0. The molecule has 1 fully saturated rings. The zero-order valence-corrected chi connectivity index (χ0v) is 19.9. The van der Waals surface area contributed by atoms with Crippen LogP contribution in [0.2, 0.25) is 0 Å². The second-order valence-corrected chi connectivity index (χ2v) is 9.69. The standard InChI is InChI=1S/C27H32N2O5/c1-16(2)24(25(30)29-13-12-17(3)22(14-29)26(31)32)28-27(33)34-15-23-20-10-6-4-8-18(20)19-9-5-7-11-21(19)23/h4-11,16-17,22-24H,12-15H2,1-3H3,(H,28,33)(H,31,32)/t17?,22?,24-/m1/s1. The fourth-order valence-corrected chi connectivity index (χ4v) is 5.07. The number of carbonyl (C=O) groups is 3. The van der Waals surface area contributed by atoms with Crippen molar-refractivity contribution >= 4 is 18.0 Å². The number of amides is 2. The fourth-order valence-electron chi connectivity index (χ4n) is 5.07. The molecule has 180 valence electrons. The monoisotopic (exact) mass is 464 g/mol. The van der Waals surface area contributed by atoms with E-state index in [-0.39, 0.29) is 36.8 Å². The molecule has 2 N–H and O–H groups in total. The molecule has 0 saturated carbocycles. The third kappa shape index (κ3) is 4.65. The summed E-state index contributed by atoms with van der Waals surface area (Å²) in [5.74, 6) is -1.98. The predicted octanol–water partition coefficient (Wildman–Crippen LogP) is 4.12. The minimum Gasteiger partial charge on any atom is -0.481 e. The number of likely N-dealkylation sites (tertiary alicyclic amines) is 1. The topological polar surface area (TPSA) is 95.9 Å². The molecule has 4 rings (SSSR count). The fraction of sp³-hybridized carbons (Fsp3) is 0.444. The van der Waals surface area contributed by atoms with Gasteiger partial charge >= 0.3 is 12.1 Å². The highest BCUT2D eigenvalue weighted by Gasteiger charge is 2.37. The maximum atomic E-state index is 13.2. The number of nitrogens with zero attached hydrogens (tertiary/aromatic N) is 1. The number of hydrogen-bond donors (Lipinski definition) is 2. The van der Waals surface area contributed by atoms with Crippen LogP contribution in [0.4, 0.5) is 4.79 Å². The van der Waals surface area contributed by atoms with Crippen LogP contribution in [0.25, 0.3) is 11.1 Å². The smallest absolute Gasteiger partial charge is 0.407 e. The molecular weight excluding hydrogens is 432 g/mol. The molecule has 7 heteroatoms. The second-order valence-electron chi connectivity index (χ2n) is 9.69. The minimum absolute atomic E-state index is 0.00846. The molecule has 2 aliphatic rings. The average Bonchev–Trinajstić information content (AvgIpc) is 3.14. The van der Waals surface area contributed by atoms with Gasteiger partial charge in [-0.1, -0.05) is 69.3 Å². The van der Waals surface area contributed by atoms with Crippen molar-refractivity contribution in [2.45, 2.75) is 39.2 Å². The number of carbonyl (C=O) groups excluding carboxylic acids is 2. The average molecular weight is 465 g/mol. The first-order valence-electron chi connectivity index (χ1n) is 11.9. The zero-order chi connectivity index (χ0) is 24.4. The van der Waals surface area contributed by atoms with E-state index in [4.69, 9.17) is 4.74 Å². The summed E-state index contributed by atoms with van der Waals surface area (Å²) in [6.07, 6.45) is -0.0209. The van der Waals surface area contributed by atoms with Crippen LogP contribution in [0.1, 0.15) is 44.2 Å². The number of rotatable bonds is 6. The molecule has 3 atom stereocenters. The summed E-state index contributed by atoms with van der Waals surface area (Å²) in [5, 5.41) is 12.2. The molecule has 1 saturated heterocycles. The largest absolute Gasteiger partial charge is 0.481 e. The maximum Gasteiger partial charge on any atom is 0.407 e. The van der Waals surface area contributed by atoms with Gasteiger partial charge in [-0.05, 0) is 40.5 Å². The summed E-state index contributed by atoms with van der Waals surface area (Å²) in [6, 6.07) is 15.4. The molecule has 1 aliphatic heterocycles. The number of piperidine rings is 1. The summed E-state index contributed by atoms with van der Waals surface area (Å²) in [6.45, 7) is 6.42. The Hall–Kier alpha value is -3.35. The summed E-state index contributed by atoms with van der Waals surface area (Å²) in [4.78, 5) is 39.1. The van der Waals surface area contributed by atoms with E-state index in [2.05, 4.69) is 29.6 Å². The second kappa shape index (κ2) is 9.87. The number of fused-ring (bicyclic) bond motifs is 3. The Morgan fingerprint density at radius 3 is 2.21 bits per heavy atom. The Labute approximate surface area is 200 Å². The highest BCUT2D eigenvalue weighted by molar-refractivity contribution is 5.87. The number of carboxylic acids is 1. The van der Waals surface area contributed by atoms with Crippen molar-refractivity contribution in [1.29, 1.82) is 0 Å². The molecule has 7 nitrogen and oxygen atoms in total. The van der Waals surface area contributed by atoms with E-state index in [9.17, 15) is 19.5 Å². The molecule has 2 amide bonds. The lowest BCUT2D eigenvalue weighted by atomic mass is 9.86. The van der Waals surface area contributed by atoms with E-state index in [1.807, 2.05) is 45.0 Å². The van der Waals surface area contributed by atoms with Gasteiger partial charge in [-0.2, -0.15) is 0 Å². The summed E-state index contributed by atoms with van der Waals surface area (Å²) in [5.41, 5.74) is 4.54. The molecule has 1 aliphatic carbocycles. The molecule has 2 aromatic rings. The quantitative estimate of drug-likeness (QED) is 0.671. The molecule has 0 bridgehead atoms. The van der Waals surface area contributed by atoms with E-state index in [1.165, 1.54) is 0 Å². The Bertz CT molecular complexity index is 1040. The number of alkyl carbamates (subject to hydrolysis) is 1. The summed E-state index contributed by atoms with van der Waals surface area (Å²) in [7, 11) is 0. The predicted molar refractivity (Wildman–Crippen MR) is 128 cm³/mol. The number of carboxylic acid groups (broad SMARTS) is 1. The van der Waals surface area contributed by atoms with Gasteiger partial charge in [0.15, 0.2) is 0 Å². The van der Waals surface area contributed by atoms with Crippen LogP contribution in [0, 0.1) is 17.8 Å². The molecule has 0 spiro atoms. The number of ether oxygens (including phenoxy) is 1. The Balaban J connectivity index is 1.41. The maximum absolute atomic E-state index is 13.2. The van der Waals surface area contributed by atoms with Crippen LogP contribution < -0.4 is 5.32 Å². The van der Waals surface area contributed by atoms with Gasteiger partial charge in [0.25, 0.3) is 0 Å². The third-order valence-electron chi connectivity index (χ3n) is 7.14. The third-order valence-corrected chi connectivity index (χ3v) is 7.14. The van der Waals surface area contributed by atoms with Crippen LogP contribution in [-0.2, 0) is 14.3 Å². The molecule has 2 aromatic carbocycles. The van der Waals surface area contributed by atoms with Crippen molar-refractivity contribution in [2.24, 2.45) is 17.8 Å². The van der Waals surface area contributed by atoms with Crippen LogP contribution in [-0.4, -0.2) is 53.7 Å². The van der Waals surface area contributed by atoms with E-state index in [1.54, 1.807) is 4.90 Å². The van der Waals surface area contributed by atoms with Crippen molar-refractivity contribution < 1.29 is 24.2 Å². The molecular formula is C27H32N2O5. The Morgan fingerprint density at radius 2 is 1.65 bits per heavy atom. The van der Waals surface area contributed by atoms with Gasteiger partial charge in [-0.15, -0.1) is 0 Å². The first-order valence-corrected chi connectivity index (χ1v) is 11.9. The van der Waals surface area contributed by atoms with Gasteiger partial charge < -0.3 is 20.1 Å². The molecule has 0 radical (unpaired) electrons. The number of aliphatic carboxylic acids is 1. The summed E-state index contributed by atoms with van der Waals surface area (Å²) < 4.78 is 5.62. The number of nitrogens with one attached hydrogen (secondary N) is 1. The lowest BCUT2D eigenvalue weighted by Crippen LogP contribution is -2.55. The van der Waals surface area contributed by atoms with Gasteiger partial charge in [-0.3, -0.25) is 9.59 Å². The molecule has 2 unspecified atom stereocenters. The van der Waals surface area contributed by atoms with Crippen molar-refractivity contribution in [3.05, 3.63) is 59.7 Å². The van der Waals surface area contributed by atoms with Crippen LogP contribution in [0.3, 0.4) is 0 Å². The van der Waals surface area contributed by atoms with Crippen molar-refractivity contribution in [3.63, 3.8) is 0 Å². The van der Waals surface area contributed by atoms with Crippen molar-refractivity contribution in [1.82, 2.24) is 10.2 Å². The van der Waals surface area contributed by atoms with Crippen molar-refractivity contribution in [3.8, 4) is 11.1 Å². The zero-order valence-electron chi connectivity index (χ0n) is 19.9. The minimum atomic E-state index is -0.893. The number of benzene rings is 2. The van der Waals surface area contributed by atoms with E-state index in [0.717, 1.165) is 22.3 Å². The Kier molecular flexibility index (Phi) is 6.91. The lowest BCUT2D eigenvalue weighted by molar-refractivity contribution is -0.148. The van der Waals surface area contributed by atoms with Crippen molar-refractivity contribution in [2.75, 3.05) is 19.7 Å². The lowest BCUT2D eigenvalue weighted by Gasteiger charge is -2.37. The van der Waals surface area contributed by atoms with Crippen LogP contribution in [0.15, 0.2) is 48.5 Å². The van der Waals surface area contributed by atoms with Gasteiger partial charge in [0.2, 0.25) is 5.91 Å². The number of hydrogen-bond acceptors (Lipinski definition) is 4. The van der Waals surface area contributed by atoms with Crippen LogP contribution in [0.5, 0.6) is 0 Å². The molecule has 0 aromatic heterocycles. The van der Waals surface area contributed by atoms with E-state index in [0.29, 0.717) is 13.0 Å². The SMILES string of the molecule is CC1CCN(C(=O)[C@H](NC(=O)OCC2c3ccccc3-c3ccccc32)C(C)C)CC1C(=O)O. The first-order chi connectivity index (χ1) is 16.3. The molecule has 34 heavy (non-hydrogen) atoms. The van der Waals surface area contributed by atoms with Gasteiger partial charge in [0.1, 0.15) is 12.6 Å². The molecule has 1 heterocycles. The van der Waals surface area contributed by atoms with Gasteiger partial charge in [0.05, 0.1) is 5.92 Å².